The number of aromatic nitrogens is 2. The van der Waals surface area contributed by atoms with Crippen molar-refractivity contribution in [2.24, 2.45) is 0 Å². The van der Waals surface area contributed by atoms with E-state index in [1.54, 1.807) is 18.2 Å². The molecular weight excluding hydrogens is 274 g/mol. The fourth-order valence-corrected chi connectivity index (χ4v) is 2.45. The van der Waals surface area contributed by atoms with E-state index < -0.39 is 0 Å². The van der Waals surface area contributed by atoms with Gasteiger partial charge in [0.05, 0.1) is 11.6 Å². The fraction of sp³-hybridized carbons (Fsp3) is 0.0909. The van der Waals surface area contributed by atoms with Gasteiger partial charge < -0.3 is 15.8 Å². The lowest BCUT2D eigenvalue weighted by Gasteiger charge is -2.05. The Kier molecular flexibility index (Phi) is 3.90. The van der Waals surface area contributed by atoms with Crippen molar-refractivity contribution in [2.45, 2.75) is 16.7 Å². The number of nitrogens with zero attached hydrogens (tertiary/aromatic N) is 1. The highest BCUT2D eigenvalue weighted by Crippen LogP contribution is 2.31. The van der Waals surface area contributed by atoms with Gasteiger partial charge in [-0.15, -0.1) is 0 Å². The highest BCUT2D eigenvalue weighted by atomic mass is 35.5. The minimum Gasteiger partial charge on any atom is -0.392 e. The number of halogens is 1. The molecule has 0 saturated carbocycles. The van der Waals surface area contributed by atoms with Crippen molar-refractivity contribution in [3.05, 3.63) is 45.2 Å². The number of rotatable bonds is 3. The second kappa shape index (κ2) is 5.43. The zero-order valence-electron chi connectivity index (χ0n) is 9.18. The van der Waals surface area contributed by atoms with E-state index in [-0.39, 0.29) is 18.0 Å². The van der Waals surface area contributed by atoms with E-state index in [2.05, 4.69) is 9.97 Å². The Hall–Kier alpha value is -1.50. The summed E-state index contributed by atoms with van der Waals surface area (Å²) in [7, 11) is 0. The number of nitrogens with one attached hydrogen (secondary N) is 1. The Morgan fingerprint density at radius 1 is 1.44 bits per heavy atom. The average Bonchev–Trinajstić information content (AvgIpc) is 2.30. The van der Waals surface area contributed by atoms with Gasteiger partial charge in [-0.2, -0.15) is 0 Å². The summed E-state index contributed by atoms with van der Waals surface area (Å²) in [5.74, 6) is 0.157. The highest BCUT2D eigenvalue weighted by molar-refractivity contribution is 7.99. The van der Waals surface area contributed by atoms with Crippen LogP contribution in [0.5, 0.6) is 0 Å². The molecule has 0 saturated heterocycles. The van der Waals surface area contributed by atoms with Crippen molar-refractivity contribution in [1.29, 1.82) is 0 Å². The molecule has 5 nitrogen and oxygen atoms in total. The summed E-state index contributed by atoms with van der Waals surface area (Å²) >= 11 is 7.26. The highest BCUT2D eigenvalue weighted by Gasteiger charge is 2.06. The summed E-state index contributed by atoms with van der Waals surface area (Å²) in [6.07, 6.45) is 0. The van der Waals surface area contributed by atoms with Gasteiger partial charge in [-0.05, 0) is 17.7 Å². The van der Waals surface area contributed by atoms with E-state index >= 15 is 0 Å². The third-order valence-electron chi connectivity index (χ3n) is 2.13. The summed E-state index contributed by atoms with van der Waals surface area (Å²) in [5.41, 5.74) is 5.90. The number of hydrogen-bond acceptors (Lipinski definition) is 5. The lowest BCUT2D eigenvalue weighted by Crippen LogP contribution is -2.09. The predicted molar refractivity (Wildman–Crippen MR) is 70.8 cm³/mol. The molecule has 1 heterocycles. The van der Waals surface area contributed by atoms with Crippen LogP contribution in [0.3, 0.4) is 0 Å². The maximum Gasteiger partial charge on any atom is 0.253 e. The van der Waals surface area contributed by atoms with E-state index in [0.29, 0.717) is 10.2 Å². The number of H-pyrrole nitrogens is 1. The van der Waals surface area contributed by atoms with E-state index in [4.69, 9.17) is 22.4 Å². The first-order valence-corrected chi connectivity index (χ1v) is 6.22. The molecule has 0 atom stereocenters. The lowest BCUT2D eigenvalue weighted by atomic mass is 10.2. The van der Waals surface area contributed by atoms with Crippen molar-refractivity contribution in [3.63, 3.8) is 0 Å². The van der Waals surface area contributed by atoms with Gasteiger partial charge in [-0.1, -0.05) is 29.4 Å². The number of benzene rings is 1. The van der Waals surface area contributed by atoms with E-state index in [1.165, 1.54) is 17.8 Å². The first kappa shape index (κ1) is 12.9. The monoisotopic (exact) mass is 283 g/mol. The number of hydrogen-bond donors (Lipinski definition) is 3. The maximum absolute atomic E-state index is 11.2. The van der Waals surface area contributed by atoms with E-state index in [9.17, 15) is 4.79 Å². The first-order chi connectivity index (χ1) is 8.58. The predicted octanol–water partition coefficient (Wildman–Crippen LogP) is 1.65. The van der Waals surface area contributed by atoms with Gasteiger partial charge >= 0.3 is 0 Å². The Morgan fingerprint density at radius 2 is 2.22 bits per heavy atom. The third-order valence-corrected chi connectivity index (χ3v) is 3.51. The van der Waals surface area contributed by atoms with Crippen molar-refractivity contribution in [3.8, 4) is 0 Å². The standard InChI is InChI=1S/C11H10ClN3O2S/c12-7-3-6(5-16)1-2-8(7)18-11-14-9(13)4-10(17)15-11/h1-4,16H,5H2,(H3,13,14,15,17). The Labute approximate surface area is 112 Å². The normalized spacial score (nSPS) is 10.6. The van der Waals surface area contributed by atoms with Crippen LogP contribution in [0.15, 0.2) is 39.1 Å². The molecule has 2 aromatic rings. The fourth-order valence-electron chi connectivity index (χ4n) is 1.33. The second-order valence-corrected chi connectivity index (χ2v) is 4.94. The SMILES string of the molecule is Nc1cc(=O)[nH]c(Sc2ccc(CO)cc2Cl)n1. The van der Waals surface area contributed by atoms with Crippen LogP contribution in [0.2, 0.25) is 5.02 Å². The molecule has 0 bridgehead atoms. The summed E-state index contributed by atoms with van der Waals surface area (Å²) < 4.78 is 0. The molecule has 1 aromatic carbocycles. The number of aromatic amines is 1. The molecular formula is C11H10ClN3O2S. The van der Waals surface area contributed by atoms with Gasteiger partial charge in [-0.25, -0.2) is 4.98 Å². The summed E-state index contributed by atoms with van der Waals surface area (Å²) in [6, 6.07) is 6.37. The Balaban J connectivity index is 2.31. The molecule has 0 amide bonds. The third kappa shape index (κ3) is 3.04. The molecule has 0 aliphatic rings. The maximum atomic E-state index is 11.2. The quantitative estimate of drug-likeness (QED) is 0.745. The molecule has 0 fully saturated rings. The van der Waals surface area contributed by atoms with Crippen LogP contribution in [0.1, 0.15) is 5.56 Å². The summed E-state index contributed by atoms with van der Waals surface area (Å²) in [4.78, 5) is 18.5. The molecule has 18 heavy (non-hydrogen) atoms. The number of nitrogens with two attached hydrogens (primary N) is 1. The molecule has 2 rings (SSSR count). The number of anilines is 1. The van der Waals surface area contributed by atoms with Crippen molar-refractivity contribution < 1.29 is 5.11 Å². The van der Waals surface area contributed by atoms with Gasteiger partial charge in [0.15, 0.2) is 5.16 Å². The largest absolute Gasteiger partial charge is 0.392 e. The zero-order chi connectivity index (χ0) is 13.1. The number of aliphatic hydroxyl groups is 1. The van der Waals surface area contributed by atoms with Crippen LogP contribution in [-0.4, -0.2) is 15.1 Å². The van der Waals surface area contributed by atoms with E-state index in [0.717, 1.165) is 10.5 Å². The van der Waals surface area contributed by atoms with Gasteiger partial charge in [0.1, 0.15) is 5.82 Å². The van der Waals surface area contributed by atoms with Crippen LogP contribution in [-0.2, 0) is 6.61 Å². The lowest BCUT2D eigenvalue weighted by molar-refractivity contribution is 0.282. The number of nitrogen functional groups attached to an aromatic ring is 1. The first-order valence-electron chi connectivity index (χ1n) is 5.02. The minimum absolute atomic E-state index is 0.0714. The summed E-state index contributed by atoms with van der Waals surface area (Å²) in [6.45, 7) is -0.0714. The van der Waals surface area contributed by atoms with Crippen LogP contribution < -0.4 is 11.3 Å². The van der Waals surface area contributed by atoms with Gasteiger partial charge in [0.25, 0.3) is 5.56 Å². The molecule has 7 heteroatoms. The molecule has 0 unspecified atom stereocenters. The molecule has 94 valence electrons. The zero-order valence-corrected chi connectivity index (χ0v) is 10.8. The van der Waals surface area contributed by atoms with Crippen LogP contribution in [0, 0.1) is 0 Å². The molecule has 0 radical (unpaired) electrons. The summed E-state index contributed by atoms with van der Waals surface area (Å²) in [5, 5.41) is 9.83. The van der Waals surface area contributed by atoms with Gasteiger partial charge in [-0.3, -0.25) is 4.79 Å². The van der Waals surface area contributed by atoms with Crippen LogP contribution in [0.25, 0.3) is 0 Å². The van der Waals surface area contributed by atoms with Gasteiger partial charge in [0, 0.05) is 11.0 Å². The van der Waals surface area contributed by atoms with Crippen LogP contribution >= 0.6 is 23.4 Å². The molecule has 0 spiro atoms. The molecule has 0 aliphatic heterocycles. The number of aliphatic hydroxyl groups excluding tert-OH is 1. The second-order valence-electron chi connectivity index (χ2n) is 3.50. The molecule has 1 aromatic heterocycles. The topological polar surface area (TPSA) is 92.0 Å². The van der Waals surface area contributed by atoms with Crippen molar-refractivity contribution in [1.82, 2.24) is 9.97 Å². The molecule has 0 aliphatic carbocycles. The average molecular weight is 284 g/mol. The Morgan fingerprint density at radius 3 is 2.83 bits per heavy atom. The van der Waals surface area contributed by atoms with Crippen molar-refractivity contribution >= 4 is 29.2 Å². The van der Waals surface area contributed by atoms with Crippen LogP contribution in [0.4, 0.5) is 5.82 Å². The van der Waals surface area contributed by atoms with Gasteiger partial charge in [0.2, 0.25) is 0 Å². The Bertz CT molecular complexity index is 630. The minimum atomic E-state index is -0.312. The van der Waals surface area contributed by atoms with Crippen molar-refractivity contribution in [2.75, 3.05) is 5.73 Å². The molecule has 4 N–H and O–H groups in total. The van der Waals surface area contributed by atoms with E-state index in [1.807, 2.05) is 0 Å². The smallest absolute Gasteiger partial charge is 0.253 e.